The van der Waals surface area contributed by atoms with Crippen LogP contribution in [0, 0.1) is 0 Å². The van der Waals surface area contributed by atoms with E-state index >= 15 is 0 Å². The molecular weight excluding hydrogens is 170 g/mol. The van der Waals surface area contributed by atoms with Crippen LogP contribution in [0.25, 0.3) is 0 Å². The zero-order valence-electron chi connectivity index (χ0n) is 7.69. The van der Waals surface area contributed by atoms with Crippen LogP contribution < -0.4 is 5.73 Å². The van der Waals surface area contributed by atoms with Crippen LogP contribution >= 0.6 is 0 Å². The zero-order valence-corrected chi connectivity index (χ0v) is 7.69. The first-order chi connectivity index (χ1) is 6.33. The minimum Gasteiger partial charge on any atom is -0.469 e. The van der Waals surface area contributed by atoms with Gasteiger partial charge in [0, 0.05) is 19.2 Å². The van der Waals surface area contributed by atoms with Crippen LogP contribution in [0.15, 0.2) is 16.7 Å². The van der Waals surface area contributed by atoms with Gasteiger partial charge in [-0.15, -0.1) is 0 Å². The van der Waals surface area contributed by atoms with Crippen molar-refractivity contribution in [2.24, 2.45) is 5.73 Å². The molecule has 3 N–H and O–H groups in total. The standard InChI is InChI=1S/C9H15NO3/c1-12-6-7-2-3-13-9(7)8(4-10)5-11/h2-3,8,11H,4-6,10H2,1H3. The fraction of sp³-hybridized carbons (Fsp3) is 0.556. The quantitative estimate of drug-likeness (QED) is 0.699. The topological polar surface area (TPSA) is 68.6 Å². The van der Waals surface area contributed by atoms with E-state index in [9.17, 15) is 0 Å². The molecule has 1 unspecified atom stereocenters. The number of methoxy groups -OCH3 is 1. The largest absolute Gasteiger partial charge is 0.469 e. The van der Waals surface area contributed by atoms with E-state index < -0.39 is 0 Å². The number of nitrogens with two attached hydrogens (primary N) is 1. The van der Waals surface area contributed by atoms with E-state index in [1.807, 2.05) is 6.07 Å². The maximum absolute atomic E-state index is 9.01. The summed E-state index contributed by atoms with van der Waals surface area (Å²) in [6.45, 7) is 0.865. The molecule has 1 aromatic heterocycles. The van der Waals surface area contributed by atoms with Gasteiger partial charge in [0.2, 0.25) is 0 Å². The van der Waals surface area contributed by atoms with E-state index in [4.69, 9.17) is 20.0 Å². The monoisotopic (exact) mass is 185 g/mol. The van der Waals surface area contributed by atoms with Gasteiger partial charge in [-0.1, -0.05) is 0 Å². The van der Waals surface area contributed by atoms with Crippen molar-refractivity contribution in [2.45, 2.75) is 12.5 Å². The molecule has 1 atom stereocenters. The average Bonchev–Trinajstić information content (AvgIpc) is 2.57. The molecule has 0 fully saturated rings. The van der Waals surface area contributed by atoms with E-state index in [2.05, 4.69) is 0 Å². The number of rotatable bonds is 5. The highest BCUT2D eigenvalue weighted by Gasteiger charge is 2.16. The normalized spacial score (nSPS) is 13.2. The molecule has 0 saturated heterocycles. The Labute approximate surface area is 77.3 Å². The second-order valence-corrected chi connectivity index (χ2v) is 2.86. The highest BCUT2D eigenvalue weighted by atomic mass is 16.5. The molecule has 0 spiro atoms. The van der Waals surface area contributed by atoms with Gasteiger partial charge in [0.15, 0.2) is 0 Å². The van der Waals surface area contributed by atoms with Crippen LogP contribution in [-0.4, -0.2) is 25.4 Å². The predicted octanol–water partition coefficient (Wildman–Crippen LogP) is 0.461. The summed E-state index contributed by atoms with van der Waals surface area (Å²) < 4.78 is 10.2. The Balaban J connectivity index is 2.78. The molecule has 1 aromatic rings. The summed E-state index contributed by atoms with van der Waals surface area (Å²) in [6, 6.07) is 1.83. The SMILES string of the molecule is COCc1ccoc1C(CN)CO. The first-order valence-electron chi connectivity index (χ1n) is 4.19. The van der Waals surface area contributed by atoms with Gasteiger partial charge in [-0.25, -0.2) is 0 Å². The molecule has 0 saturated carbocycles. The Bertz CT molecular complexity index is 243. The summed E-state index contributed by atoms with van der Waals surface area (Å²) in [5, 5.41) is 9.01. The first-order valence-corrected chi connectivity index (χ1v) is 4.19. The maximum atomic E-state index is 9.01. The molecule has 0 amide bonds. The summed E-state index contributed by atoms with van der Waals surface area (Å²) in [6.07, 6.45) is 1.59. The van der Waals surface area contributed by atoms with Gasteiger partial charge in [-0.2, -0.15) is 0 Å². The number of aliphatic hydroxyl groups is 1. The van der Waals surface area contributed by atoms with Gasteiger partial charge in [-0.3, -0.25) is 0 Å². The molecule has 4 heteroatoms. The lowest BCUT2D eigenvalue weighted by Crippen LogP contribution is -2.16. The summed E-state index contributed by atoms with van der Waals surface area (Å²) in [4.78, 5) is 0. The van der Waals surface area contributed by atoms with Gasteiger partial charge >= 0.3 is 0 Å². The molecule has 74 valence electrons. The average molecular weight is 185 g/mol. The molecule has 0 aromatic carbocycles. The van der Waals surface area contributed by atoms with E-state index in [-0.39, 0.29) is 12.5 Å². The number of hydrogen-bond acceptors (Lipinski definition) is 4. The Morgan fingerprint density at radius 1 is 1.69 bits per heavy atom. The van der Waals surface area contributed by atoms with Gasteiger partial charge in [0.25, 0.3) is 0 Å². The molecule has 0 bridgehead atoms. The highest BCUT2D eigenvalue weighted by Crippen LogP contribution is 2.20. The van der Waals surface area contributed by atoms with Gasteiger partial charge in [0.1, 0.15) is 5.76 Å². The minimum absolute atomic E-state index is 0.000722. The number of furan rings is 1. The number of aliphatic hydroxyl groups excluding tert-OH is 1. The second kappa shape index (κ2) is 5.01. The number of hydrogen-bond donors (Lipinski definition) is 2. The fourth-order valence-corrected chi connectivity index (χ4v) is 1.24. The van der Waals surface area contributed by atoms with Crippen LogP contribution in [0.2, 0.25) is 0 Å². The van der Waals surface area contributed by atoms with Crippen molar-refractivity contribution in [1.82, 2.24) is 0 Å². The molecule has 0 aliphatic rings. The van der Waals surface area contributed by atoms with E-state index in [0.29, 0.717) is 13.2 Å². The highest BCUT2D eigenvalue weighted by molar-refractivity contribution is 5.20. The third kappa shape index (κ3) is 2.30. The predicted molar refractivity (Wildman–Crippen MR) is 48.3 cm³/mol. The molecule has 13 heavy (non-hydrogen) atoms. The van der Waals surface area contributed by atoms with E-state index in [1.54, 1.807) is 13.4 Å². The second-order valence-electron chi connectivity index (χ2n) is 2.86. The molecular formula is C9H15NO3. The Morgan fingerprint density at radius 3 is 3.00 bits per heavy atom. The van der Waals surface area contributed by atoms with Crippen LogP contribution in [-0.2, 0) is 11.3 Å². The lowest BCUT2D eigenvalue weighted by molar-refractivity contribution is 0.180. The Kier molecular flexibility index (Phi) is 3.95. The van der Waals surface area contributed by atoms with Crippen molar-refractivity contribution >= 4 is 0 Å². The molecule has 1 rings (SSSR count). The molecule has 0 radical (unpaired) electrons. The number of ether oxygens (including phenoxy) is 1. The molecule has 0 aliphatic carbocycles. The summed E-state index contributed by atoms with van der Waals surface area (Å²) in [5.74, 6) is 0.604. The van der Waals surface area contributed by atoms with Crippen molar-refractivity contribution in [2.75, 3.05) is 20.3 Å². The Hall–Kier alpha value is -0.840. The minimum atomic E-state index is -0.125. The summed E-state index contributed by atoms with van der Waals surface area (Å²) in [7, 11) is 1.62. The van der Waals surface area contributed by atoms with Crippen LogP contribution in [0.3, 0.4) is 0 Å². The van der Waals surface area contributed by atoms with Gasteiger partial charge in [0.05, 0.1) is 25.4 Å². The van der Waals surface area contributed by atoms with Crippen molar-refractivity contribution in [3.8, 4) is 0 Å². The maximum Gasteiger partial charge on any atom is 0.115 e. The van der Waals surface area contributed by atoms with Crippen molar-refractivity contribution in [3.05, 3.63) is 23.7 Å². The zero-order chi connectivity index (χ0) is 9.68. The van der Waals surface area contributed by atoms with Crippen LogP contribution in [0.5, 0.6) is 0 Å². The Morgan fingerprint density at radius 2 is 2.46 bits per heavy atom. The third-order valence-corrected chi connectivity index (χ3v) is 1.96. The van der Waals surface area contributed by atoms with E-state index in [1.165, 1.54) is 0 Å². The summed E-state index contributed by atoms with van der Waals surface area (Å²) >= 11 is 0. The van der Waals surface area contributed by atoms with Crippen LogP contribution in [0.4, 0.5) is 0 Å². The first kappa shape index (κ1) is 10.2. The lowest BCUT2D eigenvalue weighted by atomic mass is 10.0. The van der Waals surface area contributed by atoms with Gasteiger partial charge < -0.3 is 20.0 Å². The smallest absolute Gasteiger partial charge is 0.115 e. The van der Waals surface area contributed by atoms with Crippen molar-refractivity contribution < 1.29 is 14.3 Å². The van der Waals surface area contributed by atoms with Crippen molar-refractivity contribution in [1.29, 1.82) is 0 Å². The lowest BCUT2D eigenvalue weighted by Gasteiger charge is -2.10. The molecule has 4 nitrogen and oxygen atoms in total. The molecule has 1 heterocycles. The van der Waals surface area contributed by atoms with Crippen molar-refractivity contribution in [3.63, 3.8) is 0 Å². The van der Waals surface area contributed by atoms with E-state index in [0.717, 1.165) is 11.3 Å². The van der Waals surface area contributed by atoms with Crippen LogP contribution in [0.1, 0.15) is 17.2 Å². The molecule has 0 aliphatic heterocycles. The third-order valence-electron chi connectivity index (χ3n) is 1.96. The fourth-order valence-electron chi connectivity index (χ4n) is 1.24. The summed E-state index contributed by atoms with van der Waals surface area (Å²) in [5.41, 5.74) is 6.43. The van der Waals surface area contributed by atoms with Gasteiger partial charge in [-0.05, 0) is 6.07 Å².